The van der Waals surface area contributed by atoms with E-state index in [1.165, 1.54) is 0 Å². The summed E-state index contributed by atoms with van der Waals surface area (Å²) in [6, 6.07) is 0. The largest absolute Gasteiger partial charge is 0.336 e. The summed E-state index contributed by atoms with van der Waals surface area (Å²) in [6.07, 6.45) is 1.79. The molecule has 3 aliphatic rings. The molecule has 0 aromatic carbocycles. The van der Waals surface area contributed by atoms with Crippen molar-refractivity contribution in [1.29, 1.82) is 0 Å². The fraction of sp³-hybridized carbons (Fsp3) is 0.714. The molecule has 0 unspecified atom stereocenters. The monoisotopic (exact) mass is 139 g/mol. The zero-order valence-corrected chi connectivity index (χ0v) is 5.67. The van der Waals surface area contributed by atoms with Crippen LogP contribution in [0.3, 0.4) is 0 Å². The van der Waals surface area contributed by atoms with Crippen LogP contribution in [0.1, 0.15) is 12.8 Å². The molecule has 3 fully saturated rings. The van der Waals surface area contributed by atoms with E-state index in [1.807, 2.05) is 0 Å². The summed E-state index contributed by atoms with van der Waals surface area (Å²) >= 11 is 0. The minimum Gasteiger partial charge on any atom is -0.336 e. The van der Waals surface area contributed by atoms with Crippen LogP contribution in [0.5, 0.6) is 0 Å². The summed E-state index contributed by atoms with van der Waals surface area (Å²) < 4.78 is 0. The fourth-order valence-corrected chi connectivity index (χ4v) is 1.68. The van der Waals surface area contributed by atoms with Gasteiger partial charge in [-0.05, 0) is 12.8 Å². The van der Waals surface area contributed by atoms with Gasteiger partial charge in [0, 0.05) is 19.0 Å². The van der Waals surface area contributed by atoms with Crippen molar-refractivity contribution in [1.82, 2.24) is 4.90 Å². The van der Waals surface area contributed by atoms with Gasteiger partial charge >= 0.3 is 0 Å². The maximum absolute atomic E-state index is 11.0. The Balaban J connectivity index is 2.28. The normalized spacial score (nSPS) is 26.2. The van der Waals surface area contributed by atoms with Gasteiger partial charge in [-0.15, -0.1) is 0 Å². The molecule has 0 radical (unpaired) electrons. The smallest absolute Gasteiger partial charge is 0.290 e. The Morgan fingerprint density at radius 3 is 2.10 bits per heavy atom. The first-order valence-corrected chi connectivity index (χ1v) is 3.62. The number of piperidine rings is 3. The van der Waals surface area contributed by atoms with E-state index >= 15 is 0 Å². The zero-order chi connectivity index (χ0) is 7.14. The minimum absolute atomic E-state index is 0.0671. The number of carbonyl (C=O) groups excluding carboxylic acids is 2. The van der Waals surface area contributed by atoms with Gasteiger partial charge in [0.2, 0.25) is 5.78 Å². The summed E-state index contributed by atoms with van der Waals surface area (Å²) in [6.45, 7) is 1.60. The SMILES string of the molecule is O=C1C(=O)N2CCC1CC2. The molecule has 3 rings (SSSR count). The van der Waals surface area contributed by atoms with Gasteiger partial charge in [-0.2, -0.15) is 0 Å². The Morgan fingerprint density at radius 1 is 1.20 bits per heavy atom. The number of rotatable bonds is 0. The van der Waals surface area contributed by atoms with Gasteiger partial charge in [0.1, 0.15) is 0 Å². The standard InChI is InChI=1S/C7H9NO2/c9-6-5-1-3-8(4-2-5)7(6)10/h5H,1-4H2. The highest BCUT2D eigenvalue weighted by Gasteiger charge is 2.39. The van der Waals surface area contributed by atoms with Crippen LogP contribution in [-0.2, 0) is 9.59 Å². The lowest BCUT2D eigenvalue weighted by atomic mass is 9.87. The Hall–Kier alpha value is -0.860. The van der Waals surface area contributed by atoms with Crippen molar-refractivity contribution in [3.63, 3.8) is 0 Å². The second kappa shape index (κ2) is 1.81. The van der Waals surface area contributed by atoms with Crippen LogP contribution in [0.4, 0.5) is 0 Å². The van der Waals surface area contributed by atoms with Crippen molar-refractivity contribution in [2.75, 3.05) is 13.1 Å². The predicted molar refractivity (Wildman–Crippen MR) is 34.3 cm³/mol. The number of ketones is 1. The minimum atomic E-state index is -0.248. The summed E-state index contributed by atoms with van der Waals surface area (Å²) in [5.74, 6) is -0.336. The Kier molecular flexibility index (Phi) is 1.07. The van der Waals surface area contributed by atoms with E-state index in [0.29, 0.717) is 0 Å². The second-order valence-corrected chi connectivity index (χ2v) is 2.93. The molecule has 3 aliphatic heterocycles. The maximum atomic E-state index is 11.0. The second-order valence-electron chi connectivity index (χ2n) is 2.93. The molecule has 0 aromatic rings. The van der Waals surface area contributed by atoms with Crippen LogP contribution in [0.25, 0.3) is 0 Å². The topological polar surface area (TPSA) is 37.4 Å². The third-order valence-corrected chi connectivity index (χ3v) is 2.36. The molecule has 10 heavy (non-hydrogen) atoms. The van der Waals surface area contributed by atoms with Crippen LogP contribution in [0, 0.1) is 5.92 Å². The number of hydrogen-bond donors (Lipinski definition) is 0. The molecule has 0 aromatic heterocycles. The van der Waals surface area contributed by atoms with E-state index in [4.69, 9.17) is 0 Å². The third-order valence-electron chi connectivity index (χ3n) is 2.36. The van der Waals surface area contributed by atoms with E-state index in [0.717, 1.165) is 25.9 Å². The van der Waals surface area contributed by atoms with E-state index in [9.17, 15) is 9.59 Å². The first-order valence-electron chi connectivity index (χ1n) is 3.62. The summed E-state index contributed by atoms with van der Waals surface area (Å²) in [5.41, 5.74) is 0. The molecule has 3 nitrogen and oxygen atoms in total. The van der Waals surface area contributed by atoms with Gasteiger partial charge in [0.25, 0.3) is 5.91 Å². The Morgan fingerprint density at radius 2 is 1.80 bits per heavy atom. The lowest BCUT2D eigenvalue weighted by molar-refractivity contribution is -0.154. The maximum Gasteiger partial charge on any atom is 0.290 e. The van der Waals surface area contributed by atoms with Gasteiger partial charge in [-0.25, -0.2) is 0 Å². The van der Waals surface area contributed by atoms with Crippen molar-refractivity contribution in [2.45, 2.75) is 12.8 Å². The van der Waals surface area contributed by atoms with E-state index in [2.05, 4.69) is 0 Å². The quantitative estimate of drug-likeness (QED) is 0.436. The first kappa shape index (κ1) is 5.89. The van der Waals surface area contributed by atoms with Crippen LogP contribution in [0.2, 0.25) is 0 Å². The van der Waals surface area contributed by atoms with E-state index < -0.39 is 0 Å². The molecule has 3 heteroatoms. The van der Waals surface area contributed by atoms with E-state index in [-0.39, 0.29) is 17.6 Å². The molecule has 0 atom stereocenters. The Labute approximate surface area is 59.0 Å². The average Bonchev–Trinajstić information content (AvgIpc) is 2.00. The van der Waals surface area contributed by atoms with Crippen LogP contribution >= 0.6 is 0 Å². The van der Waals surface area contributed by atoms with Crippen molar-refractivity contribution in [3.8, 4) is 0 Å². The number of amides is 1. The summed E-state index contributed by atoms with van der Waals surface area (Å²) in [5, 5.41) is 0. The third kappa shape index (κ3) is 0.602. The zero-order valence-electron chi connectivity index (χ0n) is 5.67. The van der Waals surface area contributed by atoms with E-state index in [1.54, 1.807) is 4.90 Å². The van der Waals surface area contributed by atoms with Gasteiger partial charge in [-0.1, -0.05) is 0 Å². The van der Waals surface area contributed by atoms with Gasteiger partial charge in [-0.3, -0.25) is 9.59 Å². The number of nitrogens with zero attached hydrogens (tertiary/aromatic N) is 1. The molecular weight excluding hydrogens is 130 g/mol. The highest BCUT2D eigenvalue weighted by atomic mass is 16.2. The van der Waals surface area contributed by atoms with Crippen LogP contribution in [0.15, 0.2) is 0 Å². The molecule has 0 spiro atoms. The van der Waals surface area contributed by atoms with Gasteiger partial charge in [0.05, 0.1) is 0 Å². The Bertz CT molecular complexity index is 170. The van der Waals surface area contributed by atoms with Gasteiger partial charge < -0.3 is 4.90 Å². The lowest BCUT2D eigenvalue weighted by Gasteiger charge is -2.36. The predicted octanol–water partition coefficient (Wildman–Crippen LogP) is -0.192. The highest BCUT2D eigenvalue weighted by molar-refractivity contribution is 6.37. The fourth-order valence-electron chi connectivity index (χ4n) is 1.68. The lowest BCUT2D eigenvalue weighted by Crippen LogP contribution is -2.52. The van der Waals surface area contributed by atoms with Gasteiger partial charge in [0.15, 0.2) is 0 Å². The molecule has 0 saturated carbocycles. The number of carbonyl (C=O) groups is 2. The molecular formula is C7H9NO2. The molecule has 0 N–H and O–H groups in total. The first-order chi connectivity index (χ1) is 4.79. The van der Waals surface area contributed by atoms with Crippen LogP contribution < -0.4 is 0 Å². The number of Topliss-reactive ketones (excluding diaryl/α,β-unsaturated/α-hetero) is 1. The molecule has 2 bridgehead atoms. The van der Waals surface area contributed by atoms with Crippen molar-refractivity contribution < 1.29 is 9.59 Å². The molecule has 54 valence electrons. The summed E-state index contributed by atoms with van der Waals surface area (Å²) in [7, 11) is 0. The molecule has 0 aliphatic carbocycles. The highest BCUT2D eigenvalue weighted by Crippen LogP contribution is 2.24. The molecule has 1 amide bonds. The molecule has 3 saturated heterocycles. The van der Waals surface area contributed by atoms with Crippen molar-refractivity contribution >= 4 is 11.7 Å². The van der Waals surface area contributed by atoms with Crippen molar-refractivity contribution in [2.24, 2.45) is 5.92 Å². The molecule has 3 heterocycles. The van der Waals surface area contributed by atoms with Crippen molar-refractivity contribution in [3.05, 3.63) is 0 Å². The number of hydrogen-bond acceptors (Lipinski definition) is 2. The average molecular weight is 139 g/mol. The summed E-state index contributed by atoms with van der Waals surface area (Å²) in [4.78, 5) is 23.6. The number of fused-ring (bicyclic) bond motifs is 3. The van der Waals surface area contributed by atoms with Crippen LogP contribution in [-0.4, -0.2) is 29.7 Å².